The normalized spacial score (nSPS) is 12.1. The predicted octanol–water partition coefficient (Wildman–Crippen LogP) is 13.8. The predicted molar refractivity (Wildman–Crippen MR) is 249 cm³/mol. The van der Waals surface area contributed by atoms with Crippen LogP contribution in [-0.4, -0.2) is 23.3 Å². The molecule has 294 valence electrons. The van der Waals surface area contributed by atoms with Crippen molar-refractivity contribution in [3.05, 3.63) is 219 Å². The van der Waals surface area contributed by atoms with Crippen LogP contribution in [0.15, 0.2) is 206 Å². The van der Waals surface area contributed by atoms with Crippen LogP contribution >= 0.6 is 0 Å². The van der Waals surface area contributed by atoms with Gasteiger partial charge in [0.2, 0.25) is 0 Å². The summed E-state index contributed by atoms with van der Waals surface area (Å²) in [5.74, 6) is 0.836. The first-order valence-electron chi connectivity index (χ1n) is 20.3. The standard InChI is InChI=1S/C55H39N5.Pt/c1-57-38-58(52-30-14-13-29-51(52)57)43-23-15-24-44(36-43)59(55-46(40-19-7-3-8-20-40)26-16-27-47(55)41-21-9-4-10-22-41)45-31-32-49-48-25-11-12-28-50(48)60(53(49)37-45)54-35-42(33-34-56-54)39-17-5-2-6-18-39;/h2-35H,38H2,1H3;/q-2;+2. The molecule has 0 atom stereocenters. The smallest absolute Gasteiger partial charge is 0.357 e. The summed E-state index contributed by atoms with van der Waals surface area (Å²) in [5.41, 5.74) is 14.9. The van der Waals surface area contributed by atoms with Gasteiger partial charge < -0.3 is 19.3 Å². The van der Waals surface area contributed by atoms with E-state index in [1.807, 2.05) is 6.20 Å². The molecule has 0 bridgehead atoms. The summed E-state index contributed by atoms with van der Waals surface area (Å²) in [5, 5.41) is 2.25. The Morgan fingerprint density at radius 3 is 1.84 bits per heavy atom. The van der Waals surface area contributed by atoms with Crippen LogP contribution in [0.25, 0.3) is 61.0 Å². The maximum absolute atomic E-state index is 5.00. The Kier molecular flexibility index (Phi) is 10.0. The van der Waals surface area contributed by atoms with Crippen molar-refractivity contribution in [1.29, 1.82) is 0 Å². The number of hydrogen-bond donors (Lipinski definition) is 0. The van der Waals surface area contributed by atoms with Crippen LogP contribution in [0.4, 0.5) is 34.1 Å². The summed E-state index contributed by atoms with van der Waals surface area (Å²) in [6, 6.07) is 78.8. The van der Waals surface area contributed by atoms with Crippen molar-refractivity contribution < 1.29 is 21.1 Å². The molecule has 10 aromatic rings. The van der Waals surface area contributed by atoms with E-state index >= 15 is 0 Å². The topological polar surface area (TPSA) is 27.5 Å². The average Bonchev–Trinajstić information content (AvgIpc) is 3.84. The van der Waals surface area contributed by atoms with Gasteiger partial charge in [0.1, 0.15) is 5.82 Å². The van der Waals surface area contributed by atoms with E-state index in [0.717, 1.165) is 96.1 Å². The third-order valence-corrected chi connectivity index (χ3v) is 11.6. The second-order valence-electron chi connectivity index (χ2n) is 15.2. The van der Waals surface area contributed by atoms with Crippen LogP contribution in [0.3, 0.4) is 0 Å². The van der Waals surface area contributed by atoms with Gasteiger partial charge in [-0.3, -0.25) is 0 Å². The Bertz CT molecular complexity index is 3110. The van der Waals surface area contributed by atoms with Crippen LogP contribution in [0.5, 0.6) is 0 Å². The van der Waals surface area contributed by atoms with Gasteiger partial charge in [-0.1, -0.05) is 162 Å². The van der Waals surface area contributed by atoms with Crippen molar-refractivity contribution in [3.8, 4) is 39.2 Å². The fourth-order valence-electron chi connectivity index (χ4n) is 8.78. The van der Waals surface area contributed by atoms with Gasteiger partial charge in [0.25, 0.3) is 0 Å². The number of pyridine rings is 1. The monoisotopic (exact) mass is 964 g/mol. The summed E-state index contributed by atoms with van der Waals surface area (Å²) in [6.45, 7) is 0.725. The van der Waals surface area contributed by atoms with E-state index < -0.39 is 0 Å². The zero-order valence-electron chi connectivity index (χ0n) is 33.4. The van der Waals surface area contributed by atoms with Gasteiger partial charge in [0.15, 0.2) is 0 Å². The van der Waals surface area contributed by atoms with Gasteiger partial charge in [0, 0.05) is 29.9 Å². The van der Waals surface area contributed by atoms with E-state index in [9.17, 15) is 0 Å². The molecule has 0 N–H and O–H groups in total. The fourth-order valence-corrected chi connectivity index (χ4v) is 8.78. The molecule has 3 heterocycles. The number of benzene rings is 8. The van der Waals surface area contributed by atoms with Crippen molar-refractivity contribution in [2.75, 3.05) is 28.4 Å². The zero-order valence-corrected chi connectivity index (χ0v) is 35.7. The molecule has 61 heavy (non-hydrogen) atoms. The van der Waals surface area contributed by atoms with Gasteiger partial charge in [-0.05, 0) is 58.0 Å². The van der Waals surface area contributed by atoms with Crippen molar-refractivity contribution in [3.63, 3.8) is 0 Å². The summed E-state index contributed by atoms with van der Waals surface area (Å²) in [7, 11) is 2.14. The third-order valence-electron chi connectivity index (χ3n) is 11.6. The van der Waals surface area contributed by atoms with Gasteiger partial charge >= 0.3 is 21.1 Å². The minimum Gasteiger partial charge on any atom is -0.357 e. The Morgan fingerprint density at radius 1 is 0.508 bits per heavy atom. The number of anilines is 6. The molecule has 2 aromatic heterocycles. The number of hydrogen-bond acceptors (Lipinski definition) is 4. The molecule has 6 heteroatoms. The molecule has 0 spiro atoms. The zero-order chi connectivity index (χ0) is 40.0. The number of rotatable bonds is 8. The quantitative estimate of drug-likeness (QED) is 0.142. The molecule has 0 saturated carbocycles. The summed E-state index contributed by atoms with van der Waals surface area (Å²) in [6.07, 6.45) is 1.91. The summed E-state index contributed by atoms with van der Waals surface area (Å²) >= 11 is 0. The molecular weight excluding hydrogens is 926 g/mol. The van der Waals surface area contributed by atoms with E-state index in [1.165, 1.54) is 5.69 Å². The first kappa shape index (κ1) is 38.0. The minimum absolute atomic E-state index is 0. The Labute approximate surface area is 370 Å². The third kappa shape index (κ3) is 6.78. The number of para-hydroxylation sites is 4. The van der Waals surface area contributed by atoms with E-state index in [1.54, 1.807) is 0 Å². The summed E-state index contributed by atoms with van der Waals surface area (Å²) < 4.78 is 2.26. The molecule has 1 aliphatic heterocycles. The van der Waals surface area contributed by atoms with Crippen LogP contribution in [0.1, 0.15) is 0 Å². The van der Waals surface area contributed by atoms with Crippen LogP contribution in [0.2, 0.25) is 0 Å². The molecule has 0 aliphatic carbocycles. The molecular formula is C55H39N5Pt. The molecule has 0 radical (unpaired) electrons. The molecule has 8 aromatic carbocycles. The Morgan fingerprint density at radius 2 is 1.11 bits per heavy atom. The maximum Gasteiger partial charge on any atom is 2.00 e. The van der Waals surface area contributed by atoms with Gasteiger partial charge in [-0.25, -0.2) is 4.98 Å². The van der Waals surface area contributed by atoms with E-state index in [4.69, 9.17) is 4.98 Å². The fraction of sp³-hybridized carbons (Fsp3) is 0.0364. The average molecular weight is 965 g/mol. The second kappa shape index (κ2) is 16.1. The molecule has 0 saturated heterocycles. The van der Waals surface area contributed by atoms with Crippen LogP contribution in [-0.2, 0) is 21.1 Å². The Balaban J connectivity index is 0.00000445. The number of aromatic nitrogens is 2. The van der Waals surface area contributed by atoms with Gasteiger partial charge in [0.05, 0.1) is 23.7 Å². The molecule has 5 nitrogen and oxygen atoms in total. The maximum atomic E-state index is 5.00. The van der Waals surface area contributed by atoms with Crippen molar-refractivity contribution >= 4 is 55.9 Å². The van der Waals surface area contributed by atoms with Crippen LogP contribution < -0.4 is 14.7 Å². The summed E-state index contributed by atoms with van der Waals surface area (Å²) in [4.78, 5) is 12.0. The van der Waals surface area contributed by atoms with E-state index in [2.05, 4.69) is 239 Å². The minimum atomic E-state index is 0. The van der Waals surface area contributed by atoms with E-state index in [0.29, 0.717) is 0 Å². The second-order valence-corrected chi connectivity index (χ2v) is 15.2. The first-order chi connectivity index (χ1) is 29.7. The number of nitrogens with zero attached hydrogens (tertiary/aromatic N) is 5. The van der Waals surface area contributed by atoms with Gasteiger partial charge in [-0.15, -0.1) is 35.7 Å². The molecule has 0 unspecified atom stereocenters. The SMILES string of the molecule is CN1CN(c2[c-]c(N(c3[c-]c4c(cc3)c3ccccc3n4-c3cc(-c4ccccc4)ccn3)c3c(-c4ccccc4)cccc3-c3ccccc3)ccc2)c2ccccc21.[Pt+2]. The van der Waals surface area contributed by atoms with Crippen molar-refractivity contribution in [1.82, 2.24) is 9.55 Å². The first-order valence-corrected chi connectivity index (χ1v) is 20.3. The molecule has 0 fully saturated rings. The molecule has 0 amide bonds. The largest absolute Gasteiger partial charge is 2.00 e. The van der Waals surface area contributed by atoms with Gasteiger partial charge in [-0.2, -0.15) is 12.1 Å². The molecule has 1 aliphatic rings. The Hall–Kier alpha value is -7.20. The van der Waals surface area contributed by atoms with E-state index in [-0.39, 0.29) is 21.1 Å². The van der Waals surface area contributed by atoms with Crippen molar-refractivity contribution in [2.24, 2.45) is 0 Å². The van der Waals surface area contributed by atoms with Crippen molar-refractivity contribution in [2.45, 2.75) is 0 Å². The molecule has 11 rings (SSSR count). The van der Waals surface area contributed by atoms with Crippen LogP contribution in [0, 0.1) is 12.1 Å². The number of fused-ring (bicyclic) bond motifs is 4.